The normalized spacial score (nSPS) is 10.6. The molecule has 0 saturated heterocycles. The van der Waals surface area contributed by atoms with E-state index in [0.29, 0.717) is 11.5 Å². The summed E-state index contributed by atoms with van der Waals surface area (Å²) in [7, 11) is 1.59. The van der Waals surface area contributed by atoms with E-state index < -0.39 is 0 Å². The van der Waals surface area contributed by atoms with Crippen molar-refractivity contribution in [2.45, 2.75) is 26.2 Å². The van der Waals surface area contributed by atoms with E-state index in [1.54, 1.807) is 13.3 Å². The molecule has 2 aromatic carbocycles. The maximum atomic E-state index is 11.8. The third kappa shape index (κ3) is 6.30. The van der Waals surface area contributed by atoms with E-state index in [0.717, 1.165) is 12.0 Å². The average molecular weight is 340 g/mol. The molecule has 0 aliphatic heterocycles. The number of benzene rings is 2. The van der Waals surface area contributed by atoms with E-state index in [1.807, 2.05) is 48.5 Å². The minimum Gasteiger partial charge on any atom is -0.496 e. The number of amides is 1. The Morgan fingerprint density at radius 3 is 2.64 bits per heavy atom. The Balaban J connectivity index is 1.77. The first-order valence-electron chi connectivity index (χ1n) is 8.39. The molecule has 0 heterocycles. The summed E-state index contributed by atoms with van der Waals surface area (Å²) in [5, 5.41) is 3.93. The van der Waals surface area contributed by atoms with Crippen LogP contribution in [0.4, 0.5) is 0 Å². The molecular formula is C20H24N2O3. The Labute approximate surface area is 148 Å². The zero-order valence-corrected chi connectivity index (χ0v) is 14.7. The second kappa shape index (κ2) is 10.1. The van der Waals surface area contributed by atoms with E-state index in [4.69, 9.17) is 9.47 Å². The van der Waals surface area contributed by atoms with Crippen molar-refractivity contribution in [3.63, 3.8) is 0 Å². The van der Waals surface area contributed by atoms with Crippen LogP contribution < -0.4 is 14.9 Å². The molecule has 25 heavy (non-hydrogen) atoms. The van der Waals surface area contributed by atoms with Crippen molar-refractivity contribution >= 4 is 12.1 Å². The van der Waals surface area contributed by atoms with Crippen molar-refractivity contribution in [1.82, 2.24) is 5.43 Å². The number of nitrogens with zero attached hydrogens (tertiary/aromatic N) is 1. The quantitative estimate of drug-likeness (QED) is 0.561. The molecule has 0 unspecified atom stereocenters. The highest BCUT2D eigenvalue weighted by atomic mass is 16.5. The van der Waals surface area contributed by atoms with Gasteiger partial charge in [0.15, 0.2) is 6.61 Å². The first-order chi connectivity index (χ1) is 12.2. The number of hydrazone groups is 1. The number of ether oxygens (including phenoxy) is 2. The molecule has 5 nitrogen and oxygen atoms in total. The molecule has 0 spiro atoms. The smallest absolute Gasteiger partial charge is 0.277 e. The van der Waals surface area contributed by atoms with Crippen LogP contribution in [0.2, 0.25) is 0 Å². The predicted molar refractivity (Wildman–Crippen MR) is 99.3 cm³/mol. The molecule has 0 aliphatic rings. The molecule has 0 bridgehead atoms. The third-order valence-electron chi connectivity index (χ3n) is 3.64. The molecule has 1 N–H and O–H groups in total. The molecule has 2 aromatic rings. The maximum absolute atomic E-state index is 11.8. The van der Waals surface area contributed by atoms with Gasteiger partial charge < -0.3 is 9.47 Å². The van der Waals surface area contributed by atoms with E-state index in [2.05, 4.69) is 17.5 Å². The molecule has 0 fully saturated rings. The van der Waals surface area contributed by atoms with Crippen molar-refractivity contribution in [3.8, 4) is 11.5 Å². The van der Waals surface area contributed by atoms with Crippen LogP contribution in [0.15, 0.2) is 53.6 Å². The van der Waals surface area contributed by atoms with E-state index in [9.17, 15) is 4.79 Å². The van der Waals surface area contributed by atoms with Gasteiger partial charge in [-0.3, -0.25) is 4.79 Å². The molecule has 5 heteroatoms. The van der Waals surface area contributed by atoms with Gasteiger partial charge in [-0.2, -0.15) is 5.10 Å². The van der Waals surface area contributed by atoms with Gasteiger partial charge in [-0.1, -0.05) is 37.6 Å². The van der Waals surface area contributed by atoms with Gasteiger partial charge in [-0.25, -0.2) is 5.43 Å². The van der Waals surface area contributed by atoms with Crippen LogP contribution in [0.5, 0.6) is 11.5 Å². The number of hydrogen-bond donors (Lipinski definition) is 1. The molecular weight excluding hydrogens is 316 g/mol. The maximum Gasteiger partial charge on any atom is 0.277 e. The van der Waals surface area contributed by atoms with Gasteiger partial charge >= 0.3 is 0 Å². The Morgan fingerprint density at radius 2 is 1.92 bits per heavy atom. The molecule has 2 rings (SSSR count). The lowest BCUT2D eigenvalue weighted by molar-refractivity contribution is -0.123. The number of methoxy groups -OCH3 is 1. The summed E-state index contributed by atoms with van der Waals surface area (Å²) >= 11 is 0. The summed E-state index contributed by atoms with van der Waals surface area (Å²) in [6, 6.07) is 15.3. The van der Waals surface area contributed by atoms with Crippen LogP contribution in [-0.4, -0.2) is 25.8 Å². The van der Waals surface area contributed by atoms with Gasteiger partial charge in [0.25, 0.3) is 5.91 Å². The summed E-state index contributed by atoms with van der Waals surface area (Å²) in [5.41, 5.74) is 4.51. The summed E-state index contributed by atoms with van der Waals surface area (Å²) < 4.78 is 10.7. The minimum absolute atomic E-state index is 0.0857. The second-order valence-corrected chi connectivity index (χ2v) is 5.57. The van der Waals surface area contributed by atoms with E-state index >= 15 is 0 Å². The van der Waals surface area contributed by atoms with Crippen molar-refractivity contribution < 1.29 is 14.3 Å². The summed E-state index contributed by atoms with van der Waals surface area (Å²) in [5.74, 6) is 1.05. The standard InChI is InChI=1S/C20H24N2O3/c1-3-4-7-16-10-12-18(13-11-16)25-15-20(23)22-21-14-17-8-5-6-9-19(17)24-2/h5-6,8-14H,3-4,7,15H2,1-2H3,(H,22,23)/b21-14+. The van der Waals surface area contributed by atoms with Crippen LogP contribution in [0.1, 0.15) is 30.9 Å². The van der Waals surface area contributed by atoms with Crippen LogP contribution in [0, 0.1) is 0 Å². The molecule has 0 radical (unpaired) electrons. The summed E-state index contributed by atoms with van der Waals surface area (Å²) in [6.07, 6.45) is 4.95. The van der Waals surface area contributed by atoms with Crippen LogP contribution >= 0.6 is 0 Å². The highest BCUT2D eigenvalue weighted by Crippen LogP contribution is 2.15. The summed E-state index contributed by atoms with van der Waals surface area (Å²) in [6.45, 7) is 2.09. The van der Waals surface area contributed by atoms with Gasteiger partial charge in [-0.15, -0.1) is 0 Å². The Kier molecular flexibility index (Phi) is 7.50. The lowest BCUT2D eigenvalue weighted by Crippen LogP contribution is -2.24. The average Bonchev–Trinajstić information content (AvgIpc) is 2.66. The molecule has 0 aliphatic carbocycles. The largest absolute Gasteiger partial charge is 0.496 e. The number of hydrogen-bond acceptors (Lipinski definition) is 4. The van der Waals surface area contributed by atoms with E-state index in [-0.39, 0.29) is 12.5 Å². The third-order valence-corrected chi connectivity index (χ3v) is 3.64. The predicted octanol–water partition coefficient (Wildman–Crippen LogP) is 3.57. The lowest BCUT2D eigenvalue weighted by atomic mass is 10.1. The van der Waals surface area contributed by atoms with Gasteiger partial charge in [0, 0.05) is 5.56 Å². The van der Waals surface area contributed by atoms with Crippen molar-refractivity contribution in [2.75, 3.05) is 13.7 Å². The monoisotopic (exact) mass is 340 g/mol. The lowest BCUT2D eigenvalue weighted by Gasteiger charge is -2.06. The molecule has 132 valence electrons. The highest BCUT2D eigenvalue weighted by Gasteiger charge is 2.02. The minimum atomic E-state index is -0.318. The fourth-order valence-corrected chi connectivity index (χ4v) is 2.26. The molecule has 0 aromatic heterocycles. The topological polar surface area (TPSA) is 59.9 Å². The zero-order chi connectivity index (χ0) is 17.9. The molecule has 0 atom stereocenters. The molecule has 1 amide bonds. The first-order valence-corrected chi connectivity index (χ1v) is 8.39. The fourth-order valence-electron chi connectivity index (χ4n) is 2.26. The van der Waals surface area contributed by atoms with Crippen LogP contribution in [-0.2, 0) is 11.2 Å². The second-order valence-electron chi connectivity index (χ2n) is 5.57. The SMILES string of the molecule is CCCCc1ccc(OCC(=O)N/N=C/c2ccccc2OC)cc1. The van der Waals surface area contributed by atoms with Crippen molar-refractivity contribution in [2.24, 2.45) is 5.10 Å². The fraction of sp³-hybridized carbons (Fsp3) is 0.300. The van der Waals surface area contributed by atoms with Gasteiger partial charge in [0.2, 0.25) is 0 Å². The van der Waals surface area contributed by atoms with Crippen molar-refractivity contribution in [1.29, 1.82) is 0 Å². The van der Waals surface area contributed by atoms with Crippen molar-refractivity contribution in [3.05, 3.63) is 59.7 Å². The highest BCUT2D eigenvalue weighted by molar-refractivity contribution is 5.85. The Morgan fingerprint density at radius 1 is 1.16 bits per heavy atom. The Bertz CT molecular complexity index is 696. The van der Waals surface area contributed by atoms with E-state index in [1.165, 1.54) is 18.4 Å². The number of nitrogens with one attached hydrogen (secondary N) is 1. The van der Waals surface area contributed by atoms with Crippen LogP contribution in [0.25, 0.3) is 0 Å². The first kappa shape index (κ1) is 18.5. The number of para-hydroxylation sites is 1. The van der Waals surface area contributed by atoms with Gasteiger partial charge in [0.05, 0.1) is 13.3 Å². The number of rotatable bonds is 9. The number of aryl methyl sites for hydroxylation is 1. The number of carbonyl (C=O) groups excluding carboxylic acids is 1. The van der Waals surface area contributed by atoms with Gasteiger partial charge in [-0.05, 0) is 42.7 Å². The zero-order valence-electron chi connectivity index (χ0n) is 14.7. The number of carbonyl (C=O) groups is 1. The van der Waals surface area contributed by atoms with Gasteiger partial charge in [0.1, 0.15) is 11.5 Å². The summed E-state index contributed by atoms with van der Waals surface area (Å²) in [4.78, 5) is 11.8. The number of unbranched alkanes of at least 4 members (excludes halogenated alkanes) is 1. The Hall–Kier alpha value is -2.82. The molecule has 0 saturated carbocycles. The van der Waals surface area contributed by atoms with Crippen LogP contribution in [0.3, 0.4) is 0 Å².